The molecule has 4 nitrogen and oxygen atoms in total. The Balaban J connectivity index is 2.19. The average molecular weight is 286 g/mol. The summed E-state index contributed by atoms with van der Waals surface area (Å²) >= 11 is 0. The van der Waals surface area contributed by atoms with E-state index < -0.39 is 17.2 Å². The van der Waals surface area contributed by atoms with Crippen molar-refractivity contribution in [3.63, 3.8) is 0 Å². The minimum absolute atomic E-state index is 0.329. The second-order valence-electron chi connectivity index (χ2n) is 5.84. The molecule has 0 saturated carbocycles. The molecule has 2 aliphatic rings. The molecular weight excluding hydrogens is 268 g/mol. The largest absolute Gasteiger partial charge is 0.488 e. The van der Waals surface area contributed by atoms with Gasteiger partial charge in [-0.05, 0) is 26.3 Å². The van der Waals surface area contributed by atoms with Crippen molar-refractivity contribution in [3.05, 3.63) is 41.0 Å². The Morgan fingerprint density at radius 3 is 2.67 bits per heavy atom. The molecule has 4 heteroatoms. The van der Waals surface area contributed by atoms with Gasteiger partial charge in [0.1, 0.15) is 17.3 Å². The monoisotopic (exact) mass is 286 g/mol. The molecule has 0 bridgehead atoms. The first-order valence-corrected chi connectivity index (χ1v) is 7.05. The number of hydrogen-bond donors (Lipinski definition) is 0. The third kappa shape index (κ3) is 1.82. The summed E-state index contributed by atoms with van der Waals surface area (Å²) in [5.41, 5.74) is 2.23. The lowest BCUT2D eigenvalue weighted by Gasteiger charge is -2.36. The van der Waals surface area contributed by atoms with Crippen LogP contribution in [-0.4, -0.2) is 25.0 Å². The molecule has 1 aromatic rings. The summed E-state index contributed by atoms with van der Waals surface area (Å²) in [5, 5.41) is 0. The number of rotatable bonds is 2. The van der Waals surface area contributed by atoms with Crippen LogP contribution in [0, 0.1) is 0 Å². The van der Waals surface area contributed by atoms with Gasteiger partial charge in [0.25, 0.3) is 5.78 Å². The Kier molecular flexibility index (Phi) is 3.12. The number of benzene rings is 1. The number of esters is 1. The summed E-state index contributed by atoms with van der Waals surface area (Å²) in [7, 11) is 1.24. The van der Waals surface area contributed by atoms with Gasteiger partial charge < -0.3 is 9.47 Å². The van der Waals surface area contributed by atoms with E-state index in [4.69, 9.17) is 4.74 Å². The highest BCUT2D eigenvalue weighted by Gasteiger charge is 2.58. The fourth-order valence-electron chi connectivity index (χ4n) is 3.44. The molecule has 0 unspecified atom stereocenters. The Morgan fingerprint density at radius 1 is 1.24 bits per heavy atom. The van der Waals surface area contributed by atoms with Crippen molar-refractivity contribution in [1.29, 1.82) is 0 Å². The highest BCUT2D eigenvalue weighted by molar-refractivity contribution is 6.38. The summed E-state index contributed by atoms with van der Waals surface area (Å²) in [4.78, 5) is 24.7. The van der Waals surface area contributed by atoms with Gasteiger partial charge in [0.05, 0.1) is 7.11 Å². The smallest absolute Gasteiger partial charge is 0.375 e. The molecule has 0 radical (unpaired) electrons. The highest BCUT2D eigenvalue weighted by atomic mass is 16.5. The van der Waals surface area contributed by atoms with E-state index in [1.807, 2.05) is 38.1 Å². The van der Waals surface area contributed by atoms with Crippen LogP contribution in [0.1, 0.15) is 32.3 Å². The molecule has 110 valence electrons. The number of allylic oxidation sites excluding steroid dienone is 1. The zero-order valence-electron chi connectivity index (χ0n) is 12.4. The first-order valence-electron chi connectivity index (χ1n) is 7.05. The van der Waals surface area contributed by atoms with E-state index >= 15 is 0 Å². The van der Waals surface area contributed by atoms with Crippen LogP contribution in [-0.2, 0) is 19.7 Å². The quantitative estimate of drug-likeness (QED) is 0.476. The molecular formula is C17H18O4. The van der Waals surface area contributed by atoms with Crippen LogP contribution in [0.3, 0.4) is 0 Å². The topological polar surface area (TPSA) is 52.6 Å². The van der Waals surface area contributed by atoms with E-state index in [1.54, 1.807) is 0 Å². The molecule has 1 aliphatic carbocycles. The van der Waals surface area contributed by atoms with Crippen LogP contribution >= 0.6 is 0 Å². The maximum Gasteiger partial charge on any atom is 0.375 e. The van der Waals surface area contributed by atoms with E-state index in [-0.39, 0.29) is 6.10 Å². The lowest BCUT2D eigenvalue weighted by Crippen LogP contribution is -2.50. The fraction of sp³-hybridized carbons (Fsp3) is 0.412. The van der Waals surface area contributed by atoms with Gasteiger partial charge in [-0.15, -0.1) is 0 Å². The van der Waals surface area contributed by atoms with Crippen LogP contribution < -0.4 is 4.74 Å². The van der Waals surface area contributed by atoms with Crippen LogP contribution in [0.4, 0.5) is 0 Å². The fourth-order valence-corrected chi connectivity index (χ4v) is 3.44. The Morgan fingerprint density at radius 2 is 1.95 bits per heavy atom. The highest BCUT2D eigenvalue weighted by Crippen LogP contribution is 2.52. The van der Waals surface area contributed by atoms with Crippen LogP contribution in [0.25, 0.3) is 0 Å². The van der Waals surface area contributed by atoms with Crippen molar-refractivity contribution in [1.82, 2.24) is 0 Å². The van der Waals surface area contributed by atoms with Crippen LogP contribution in [0.15, 0.2) is 35.4 Å². The molecule has 2 atom stereocenters. The van der Waals surface area contributed by atoms with E-state index in [1.165, 1.54) is 12.7 Å². The van der Waals surface area contributed by atoms with E-state index in [0.717, 1.165) is 11.1 Å². The van der Waals surface area contributed by atoms with Gasteiger partial charge in [-0.2, -0.15) is 0 Å². The van der Waals surface area contributed by atoms with Gasteiger partial charge in [-0.25, -0.2) is 4.79 Å². The minimum atomic E-state index is -0.937. The number of carbonyl (C=O) groups is 2. The van der Waals surface area contributed by atoms with E-state index in [0.29, 0.717) is 18.6 Å². The van der Waals surface area contributed by atoms with Gasteiger partial charge in [0.2, 0.25) is 0 Å². The number of fused-ring (bicyclic) bond motifs is 3. The predicted molar refractivity (Wildman–Crippen MR) is 77.2 cm³/mol. The minimum Gasteiger partial charge on any atom is -0.488 e. The van der Waals surface area contributed by atoms with E-state index in [2.05, 4.69) is 4.74 Å². The van der Waals surface area contributed by atoms with E-state index in [9.17, 15) is 9.59 Å². The van der Waals surface area contributed by atoms with Gasteiger partial charge in [-0.3, -0.25) is 4.79 Å². The molecule has 0 spiro atoms. The Bertz CT molecular complexity index is 659. The lowest BCUT2D eigenvalue weighted by atomic mass is 9.64. The van der Waals surface area contributed by atoms with Gasteiger partial charge in [0.15, 0.2) is 0 Å². The Hall–Kier alpha value is -2.10. The maximum absolute atomic E-state index is 12.8. The van der Waals surface area contributed by atoms with Crippen LogP contribution in [0.5, 0.6) is 5.75 Å². The summed E-state index contributed by atoms with van der Waals surface area (Å²) in [6, 6.07) is 7.48. The SMILES string of the molecule is COC(=O)C(=O)[C@@]12CC(C)=C(C)C[C@@H]1Oc1ccccc12. The van der Waals surface area contributed by atoms with Crippen LogP contribution in [0.2, 0.25) is 0 Å². The molecule has 3 rings (SSSR count). The maximum atomic E-state index is 12.8. The number of hydrogen-bond acceptors (Lipinski definition) is 4. The lowest BCUT2D eigenvalue weighted by molar-refractivity contribution is -0.155. The second-order valence-corrected chi connectivity index (χ2v) is 5.84. The first kappa shape index (κ1) is 13.9. The second kappa shape index (κ2) is 4.72. The number of ether oxygens (including phenoxy) is 2. The summed E-state index contributed by atoms with van der Waals surface area (Å²) < 4.78 is 10.7. The van der Waals surface area contributed by atoms with Crippen molar-refractivity contribution < 1.29 is 19.1 Å². The van der Waals surface area contributed by atoms with Gasteiger partial charge in [0, 0.05) is 12.0 Å². The zero-order chi connectivity index (χ0) is 15.2. The molecule has 0 N–H and O–H groups in total. The molecule has 1 aliphatic heterocycles. The van der Waals surface area contributed by atoms with Gasteiger partial charge >= 0.3 is 5.97 Å². The molecule has 0 fully saturated rings. The summed E-state index contributed by atoms with van der Waals surface area (Å²) in [6.45, 7) is 4.06. The average Bonchev–Trinajstić information content (AvgIpc) is 2.81. The standard InChI is InChI=1S/C17H18O4/c1-10-8-14-17(9-11(10)2,15(18)16(19)20-3)12-6-4-5-7-13(12)21-14/h4-7,14H,8-9H2,1-3H3/t14-,17+/m0/s1. The molecule has 0 amide bonds. The normalized spacial score (nSPS) is 26.7. The zero-order valence-corrected chi connectivity index (χ0v) is 12.4. The van der Waals surface area contributed by atoms with Crippen molar-refractivity contribution in [2.24, 2.45) is 0 Å². The van der Waals surface area contributed by atoms with Crippen molar-refractivity contribution >= 4 is 11.8 Å². The number of carbonyl (C=O) groups excluding carboxylic acids is 2. The first-order chi connectivity index (χ1) is 10.0. The molecule has 1 aromatic carbocycles. The number of para-hydroxylation sites is 1. The third-order valence-electron chi connectivity index (χ3n) is 4.73. The summed E-state index contributed by atoms with van der Waals surface area (Å²) in [6.07, 6.45) is 0.836. The van der Waals surface area contributed by atoms with Crippen molar-refractivity contribution in [3.8, 4) is 5.75 Å². The molecule has 0 aromatic heterocycles. The summed E-state index contributed by atoms with van der Waals surface area (Å²) in [5.74, 6) is -0.610. The predicted octanol–water partition coefficient (Wildman–Crippen LogP) is 2.56. The Labute approximate surface area is 123 Å². The van der Waals surface area contributed by atoms with Crippen molar-refractivity contribution in [2.75, 3.05) is 7.11 Å². The molecule has 21 heavy (non-hydrogen) atoms. The van der Waals surface area contributed by atoms with Crippen molar-refractivity contribution in [2.45, 2.75) is 38.2 Å². The number of methoxy groups -OCH3 is 1. The number of ketones is 1. The van der Waals surface area contributed by atoms with Gasteiger partial charge in [-0.1, -0.05) is 29.3 Å². The molecule has 1 heterocycles. The third-order valence-corrected chi connectivity index (χ3v) is 4.73. The number of Topliss-reactive ketones (excluding diaryl/α,β-unsaturated/α-hetero) is 1. The molecule has 0 saturated heterocycles.